The van der Waals surface area contributed by atoms with Gasteiger partial charge in [-0.05, 0) is 42.0 Å². The molecule has 1 unspecified atom stereocenters. The molecule has 0 aliphatic carbocycles. The Kier molecular flexibility index (Phi) is 6.22. The van der Waals surface area contributed by atoms with E-state index in [1.807, 2.05) is 0 Å². The van der Waals surface area contributed by atoms with Crippen LogP contribution in [0.4, 0.5) is 22.0 Å². The molecule has 34 heavy (non-hydrogen) atoms. The number of methoxy groups -OCH3 is 1. The number of oxime groups is 1. The van der Waals surface area contributed by atoms with Crippen molar-refractivity contribution in [3.8, 4) is 17.2 Å². The number of aromatic nitrogens is 1. The van der Waals surface area contributed by atoms with Crippen molar-refractivity contribution in [3.63, 3.8) is 0 Å². The van der Waals surface area contributed by atoms with E-state index in [9.17, 15) is 22.0 Å². The van der Waals surface area contributed by atoms with Crippen LogP contribution in [0.5, 0.6) is 17.2 Å². The van der Waals surface area contributed by atoms with Crippen molar-refractivity contribution in [3.05, 3.63) is 82.6 Å². The predicted molar refractivity (Wildman–Crippen MR) is 112 cm³/mol. The SMILES string of the molecule is COc1ccc(C2NC(c3cc(Cl)ncc3Oc3cccc(C(F)(F)F)c3)=NOC2(F)F)cc1. The summed E-state index contributed by atoms with van der Waals surface area (Å²) in [6.07, 6.45) is -7.16. The van der Waals surface area contributed by atoms with Crippen LogP contribution in [0.1, 0.15) is 22.7 Å². The molecule has 1 aromatic heterocycles. The van der Waals surface area contributed by atoms with E-state index in [0.29, 0.717) is 5.75 Å². The zero-order valence-electron chi connectivity index (χ0n) is 17.2. The maximum Gasteiger partial charge on any atom is 0.442 e. The first kappa shape index (κ1) is 23.6. The molecule has 0 spiro atoms. The summed E-state index contributed by atoms with van der Waals surface area (Å²) >= 11 is 5.97. The number of halogens is 6. The van der Waals surface area contributed by atoms with Crippen molar-refractivity contribution in [2.45, 2.75) is 18.3 Å². The lowest BCUT2D eigenvalue weighted by Gasteiger charge is -2.31. The molecule has 0 radical (unpaired) electrons. The van der Waals surface area contributed by atoms with Gasteiger partial charge in [0.1, 0.15) is 16.7 Å². The van der Waals surface area contributed by atoms with Gasteiger partial charge in [0, 0.05) is 0 Å². The van der Waals surface area contributed by atoms with Gasteiger partial charge in [0.25, 0.3) is 0 Å². The number of nitrogens with one attached hydrogen (secondary N) is 1. The summed E-state index contributed by atoms with van der Waals surface area (Å²) in [5, 5.41) is 6.00. The Balaban J connectivity index is 1.68. The minimum atomic E-state index is -4.58. The molecule has 1 aliphatic heterocycles. The number of pyridine rings is 1. The van der Waals surface area contributed by atoms with Gasteiger partial charge in [0.2, 0.25) is 0 Å². The van der Waals surface area contributed by atoms with E-state index in [1.54, 1.807) is 0 Å². The first-order valence-electron chi connectivity index (χ1n) is 9.62. The smallest absolute Gasteiger partial charge is 0.442 e. The van der Waals surface area contributed by atoms with Crippen molar-refractivity contribution in [2.24, 2.45) is 5.16 Å². The average molecular weight is 500 g/mol. The van der Waals surface area contributed by atoms with E-state index < -0.39 is 23.9 Å². The molecule has 0 saturated carbocycles. The molecule has 4 rings (SSSR count). The van der Waals surface area contributed by atoms with Gasteiger partial charge < -0.3 is 19.6 Å². The highest BCUT2D eigenvalue weighted by atomic mass is 35.5. The molecule has 12 heteroatoms. The third-order valence-electron chi connectivity index (χ3n) is 4.80. The average Bonchev–Trinajstić information content (AvgIpc) is 2.80. The second-order valence-electron chi connectivity index (χ2n) is 7.07. The van der Waals surface area contributed by atoms with Gasteiger partial charge >= 0.3 is 12.3 Å². The summed E-state index contributed by atoms with van der Waals surface area (Å²) in [5.41, 5.74) is -0.714. The van der Waals surface area contributed by atoms with Gasteiger partial charge in [0.05, 0.1) is 24.4 Å². The van der Waals surface area contributed by atoms with E-state index in [-0.39, 0.29) is 33.6 Å². The number of alkyl halides is 5. The molecule has 1 N–H and O–H groups in total. The molecule has 6 nitrogen and oxygen atoms in total. The highest BCUT2D eigenvalue weighted by molar-refractivity contribution is 6.29. The molecule has 1 atom stereocenters. The molecule has 0 fully saturated rings. The lowest BCUT2D eigenvalue weighted by molar-refractivity contribution is -0.263. The molecule has 2 aromatic carbocycles. The van der Waals surface area contributed by atoms with Crippen LogP contribution in [0.25, 0.3) is 0 Å². The van der Waals surface area contributed by atoms with Crippen molar-refractivity contribution in [1.29, 1.82) is 0 Å². The fraction of sp³-hybridized carbons (Fsp3) is 0.182. The van der Waals surface area contributed by atoms with Crippen molar-refractivity contribution < 1.29 is 36.3 Å². The number of benzene rings is 2. The van der Waals surface area contributed by atoms with Crippen molar-refractivity contribution >= 4 is 17.4 Å². The zero-order valence-corrected chi connectivity index (χ0v) is 18.0. The van der Waals surface area contributed by atoms with Gasteiger partial charge in [0.15, 0.2) is 17.6 Å². The van der Waals surface area contributed by atoms with Crippen molar-refractivity contribution in [1.82, 2.24) is 10.3 Å². The summed E-state index contributed by atoms with van der Waals surface area (Å²) in [7, 11) is 1.44. The number of hydrogen-bond donors (Lipinski definition) is 1. The van der Waals surface area contributed by atoms with E-state index in [4.69, 9.17) is 21.1 Å². The van der Waals surface area contributed by atoms with Gasteiger partial charge in [-0.3, -0.25) is 0 Å². The maximum absolute atomic E-state index is 14.5. The second kappa shape index (κ2) is 8.98. The molecular formula is C22H15ClF5N3O3. The topological polar surface area (TPSA) is 65.0 Å². The molecule has 178 valence electrons. The van der Waals surface area contributed by atoms with Crippen LogP contribution in [-0.2, 0) is 11.0 Å². The number of ether oxygens (including phenoxy) is 2. The minimum absolute atomic E-state index is 0.0331. The highest BCUT2D eigenvalue weighted by Gasteiger charge is 2.48. The summed E-state index contributed by atoms with van der Waals surface area (Å²) in [4.78, 5) is 8.32. The lowest BCUT2D eigenvalue weighted by atomic mass is 10.0. The molecular weight excluding hydrogens is 485 g/mol. The summed E-state index contributed by atoms with van der Waals surface area (Å²) < 4.78 is 78.8. The molecule has 1 aliphatic rings. The summed E-state index contributed by atoms with van der Waals surface area (Å²) in [6.45, 7) is 0. The quantitative estimate of drug-likeness (QED) is 0.336. The van der Waals surface area contributed by atoms with Crippen molar-refractivity contribution in [2.75, 3.05) is 7.11 Å². The normalized spacial score (nSPS) is 17.3. The minimum Gasteiger partial charge on any atom is -0.497 e. The van der Waals surface area contributed by atoms with Crippen LogP contribution in [0, 0.1) is 0 Å². The van der Waals surface area contributed by atoms with E-state index >= 15 is 0 Å². The Morgan fingerprint density at radius 1 is 1.06 bits per heavy atom. The maximum atomic E-state index is 14.5. The Morgan fingerprint density at radius 3 is 2.47 bits per heavy atom. The number of rotatable bonds is 5. The number of nitrogens with zero attached hydrogens (tertiary/aromatic N) is 2. The monoisotopic (exact) mass is 499 g/mol. The highest BCUT2D eigenvalue weighted by Crippen LogP contribution is 2.38. The van der Waals surface area contributed by atoms with E-state index in [0.717, 1.165) is 18.3 Å². The Hall–Kier alpha value is -3.60. The van der Waals surface area contributed by atoms with E-state index in [2.05, 4.69) is 20.3 Å². The molecule has 0 saturated heterocycles. The van der Waals surface area contributed by atoms with Crippen LogP contribution in [0.2, 0.25) is 5.15 Å². The van der Waals surface area contributed by atoms with Gasteiger partial charge in [-0.2, -0.15) is 22.0 Å². The first-order chi connectivity index (χ1) is 16.1. The fourth-order valence-electron chi connectivity index (χ4n) is 3.15. The first-order valence-corrected chi connectivity index (χ1v) is 10.00. The molecule has 2 heterocycles. The van der Waals surface area contributed by atoms with Crippen LogP contribution < -0.4 is 14.8 Å². The fourth-order valence-corrected chi connectivity index (χ4v) is 3.31. The van der Waals surface area contributed by atoms with E-state index in [1.165, 1.54) is 49.6 Å². The Bertz CT molecular complexity index is 1220. The van der Waals surface area contributed by atoms with Gasteiger partial charge in [-0.15, -0.1) is 0 Å². The number of hydrogen-bond acceptors (Lipinski definition) is 6. The Labute approximate surface area is 194 Å². The third-order valence-corrected chi connectivity index (χ3v) is 5.01. The molecule has 0 bridgehead atoms. The lowest BCUT2D eigenvalue weighted by Crippen LogP contribution is -2.46. The van der Waals surface area contributed by atoms with Crippen LogP contribution in [0.3, 0.4) is 0 Å². The number of amidine groups is 1. The van der Waals surface area contributed by atoms with Gasteiger partial charge in [-0.25, -0.2) is 4.98 Å². The van der Waals surface area contributed by atoms with Crippen LogP contribution in [0.15, 0.2) is 65.9 Å². The second-order valence-corrected chi connectivity index (χ2v) is 7.46. The van der Waals surface area contributed by atoms with Crippen LogP contribution >= 0.6 is 11.6 Å². The van der Waals surface area contributed by atoms with Gasteiger partial charge in [-0.1, -0.05) is 35.0 Å². The largest absolute Gasteiger partial charge is 0.497 e. The molecule has 0 amide bonds. The molecule has 3 aromatic rings. The summed E-state index contributed by atoms with van der Waals surface area (Å²) in [6, 6.07) is 9.61. The third kappa shape index (κ3) is 4.98. The van der Waals surface area contributed by atoms with Crippen LogP contribution in [-0.4, -0.2) is 24.0 Å². The predicted octanol–water partition coefficient (Wildman–Crippen LogP) is 6.17. The summed E-state index contributed by atoms with van der Waals surface area (Å²) in [5.74, 6) is 0.0419. The zero-order chi connectivity index (χ0) is 24.5. The standard InChI is InChI=1S/C22H15ClF5N3O3/c1-32-14-7-5-12(6-8-14)19-22(27,28)34-31-20(30-19)16-10-18(23)29-11-17(16)33-15-4-2-3-13(9-15)21(24,25)26/h2-11,19H,1H3,(H,30,31). The Morgan fingerprint density at radius 2 is 1.79 bits per heavy atom.